The lowest BCUT2D eigenvalue weighted by molar-refractivity contribution is 0.0520. The van der Waals surface area contributed by atoms with E-state index in [-0.39, 0.29) is 18.4 Å². The highest BCUT2D eigenvalue weighted by molar-refractivity contribution is 6.21. The van der Waals surface area contributed by atoms with Crippen LogP contribution in [0.25, 0.3) is 0 Å². The minimum Gasteiger partial charge on any atom is -0.389 e. The molecule has 0 spiro atoms. The molecule has 6 nitrogen and oxygen atoms in total. The van der Waals surface area contributed by atoms with Crippen LogP contribution >= 0.6 is 0 Å². The van der Waals surface area contributed by atoms with Crippen molar-refractivity contribution in [2.45, 2.75) is 19.6 Å². The predicted molar refractivity (Wildman–Crippen MR) is 74.8 cm³/mol. The summed E-state index contributed by atoms with van der Waals surface area (Å²) in [5.74, 6) is 0.0745. The Kier molecular flexibility index (Phi) is 3.31. The summed E-state index contributed by atoms with van der Waals surface area (Å²) in [7, 11) is 0. The molecule has 1 aliphatic rings. The third-order valence-corrected chi connectivity index (χ3v) is 3.60. The van der Waals surface area contributed by atoms with Gasteiger partial charge in [0.1, 0.15) is 5.82 Å². The second-order valence-corrected chi connectivity index (χ2v) is 5.05. The molecular weight excluding hydrogens is 270 g/mol. The van der Waals surface area contributed by atoms with Crippen molar-refractivity contribution in [2.75, 3.05) is 6.54 Å². The van der Waals surface area contributed by atoms with Gasteiger partial charge in [-0.15, -0.1) is 0 Å². The summed E-state index contributed by atoms with van der Waals surface area (Å²) in [6.45, 7) is 2.10. The van der Waals surface area contributed by atoms with Crippen molar-refractivity contribution in [1.29, 1.82) is 0 Å². The minimum absolute atomic E-state index is 0.0238. The smallest absolute Gasteiger partial charge is 0.261 e. The van der Waals surface area contributed by atoms with E-state index in [0.717, 1.165) is 10.7 Å². The van der Waals surface area contributed by atoms with Gasteiger partial charge in [0.2, 0.25) is 0 Å². The van der Waals surface area contributed by atoms with Crippen LogP contribution in [0.5, 0.6) is 0 Å². The maximum atomic E-state index is 12.2. The van der Waals surface area contributed by atoms with Crippen molar-refractivity contribution in [3.63, 3.8) is 0 Å². The average Bonchev–Trinajstić information content (AvgIpc) is 2.97. The molecule has 1 aliphatic heterocycles. The average molecular weight is 285 g/mol. The highest BCUT2D eigenvalue weighted by Crippen LogP contribution is 2.22. The maximum absolute atomic E-state index is 12.2. The van der Waals surface area contributed by atoms with E-state index >= 15 is 0 Å². The normalized spacial score (nSPS) is 15.4. The number of carbonyl (C=O) groups is 2. The van der Waals surface area contributed by atoms with Gasteiger partial charge in [-0.3, -0.25) is 14.5 Å². The molecule has 21 heavy (non-hydrogen) atoms. The molecule has 0 fully saturated rings. The van der Waals surface area contributed by atoms with Gasteiger partial charge < -0.3 is 9.67 Å². The van der Waals surface area contributed by atoms with Crippen LogP contribution in [0, 0.1) is 6.92 Å². The van der Waals surface area contributed by atoms with Gasteiger partial charge in [-0.05, 0) is 19.1 Å². The monoisotopic (exact) mass is 285 g/mol. The Balaban J connectivity index is 1.73. The summed E-state index contributed by atoms with van der Waals surface area (Å²) in [4.78, 5) is 29.5. The minimum atomic E-state index is -0.833. The zero-order valence-electron chi connectivity index (χ0n) is 11.6. The topological polar surface area (TPSA) is 75.4 Å². The molecule has 1 N–H and O–H groups in total. The summed E-state index contributed by atoms with van der Waals surface area (Å²) in [6, 6.07) is 6.70. The number of hydrogen-bond donors (Lipinski definition) is 1. The molecule has 1 aromatic carbocycles. The molecule has 1 unspecified atom stereocenters. The van der Waals surface area contributed by atoms with Crippen LogP contribution in [0.2, 0.25) is 0 Å². The van der Waals surface area contributed by atoms with E-state index in [9.17, 15) is 14.7 Å². The van der Waals surface area contributed by atoms with Crippen molar-refractivity contribution >= 4 is 11.8 Å². The molecule has 0 saturated heterocycles. The van der Waals surface area contributed by atoms with E-state index in [1.54, 1.807) is 41.2 Å². The molecule has 6 heteroatoms. The highest BCUT2D eigenvalue weighted by Gasteiger charge is 2.36. The fraction of sp³-hybridized carbons (Fsp3) is 0.267. The lowest BCUT2D eigenvalue weighted by atomic mass is 10.1. The Labute approximate surface area is 121 Å². The summed E-state index contributed by atoms with van der Waals surface area (Å²) in [5, 5.41) is 10.1. The first kappa shape index (κ1) is 13.5. The van der Waals surface area contributed by atoms with Crippen molar-refractivity contribution in [2.24, 2.45) is 0 Å². The molecule has 2 heterocycles. The Morgan fingerprint density at radius 1 is 1.14 bits per heavy atom. The Morgan fingerprint density at radius 2 is 1.76 bits per heavy atom. The first-order valence-corrected chi connectivity index (χ1v) is 6.69. The number of imide groups is 1. The number of aryl methyl sites for hydroxylation is 1. The van der Waals surface area contributed by atoms with E-state index < -0.39 is 6.10 Å². The van der Waals surface area contributed by atoms with Gasteiger partial charge in [-0.25, -0.2) is 4.98 Å². The SMILES string of the molecule is Cc1nccn1CC(O)CN1C(=O)c2ccccc2C1=O. The van der Waals surface area contributed by atoms with Crippen molar-refractivity contribution in [3.05, 3.63) is 53.6 Å². The number of rotatable bonds is 4. The van der Waals surface area contributed by atoms with Crippen LogP contribution in [0.15, 0.2) is 36.7 Å². The number of hydrogen-bond acceptors (Lipinski definition) is 4. The molecule has 0 radical (unpaired) electrons. The molecule has 0 bridgehead atoms. The lowest BCUT2D eigenvalue weighted by Gasteiger charge is -2.19. The van der Waals surface area contributed by atoms with Crippen molar-refractivity contribution in [3.8, 4) is 0 Å². The molecule has 2 amide bonds. The van der Waals surface area contributed by atoms with Gasteiger partial charge in [0.15, 0.2) is 0 Å². The number of nitrogens with zero attached hydrogens (tertiary/aromatic N) is 3. The van der Waals surface area contributed by atoms with E-state index in [4.69, 9.17) is 0 Å². The van der Waals surface area contributed by atoms with Crippen LogP contribution in [-0.4, -0.2) is 44.0 Å². The van der Waals surface area contributed by atoms with Crippen molar-refractivity contribution < 1.29 is 14.7 Å². The van der Waals surface area contributed by atoms with Gasteiger partial charge in [0, 0.05) is 12.4 Å². The summed E-state index contributed by atoms with van der Waals surface area (Å²) in [6.07, 6.45) is 2.56. The first-order chi connectivity index (χ1) is 10.1. The molecule has 0 aliphatic carbocycles. The largest absolute Gasteiger partial charge is 0.389 e. The number of imidazole rings is 1. The third kappa shape index (κ3) is 2.34. The zero-order chi connectivity index (χ0) is 15.0. The standard InChI is InChI=1S/C15H15N3O3/c1-10-16-6-7-17(10)8-11(19)9-18-14(20)12-4-2-3-5-13(12)15(18)21/h2-7,11,19H,8-9H2,1H3. The summed E-state index contributed by atoms with van der Waals surface area (Å²) < 4.78 is 1.78. The number of benzene rings is 1. The van der Waals surface area contributed by atoms with Crippen LogP contribution in [-0.2, 0) is 6.54 Å². The van der Waals surface area contributed by atoms with Gasteiger partial charge >= 0.3 is 0 Å². The fourth-order valence-corrected chi connectivity index (χ4v) is 2.50. The van der Waals surface area contributed by atoms with Crippen molar-refractivity contribution in [1.82, 2.24) is 14.5 Å². The second-order valence-electron chi connectivity index (χ2n) is 5.05. The molecule has 2 aromatic rings. The van der Waals surface area contributed by atoms with Gasteiger partial charge in [0.25, 0.3) is 11.8 Å². The predicted octanol–water partition coefficient (Wildman–Crippen LogP) is 0.849. The van der Waals surface area contributed by atoms with E-state index in [1.165, 1.54) is 0 Å². The summed E-state index contributed by atoms with van der Waals surface area (Å²) >= 11 is 0. The van der Waals surface area contributed by atoms with E-state index in [0.29, 0.717) is 17.7 Å². The molecule has 1 aromatic heterocycles. The van der Waals surface area contributed by atoms with Gasteiger partial charge in [-0.2, -0.15) is 0 Å². The zero-order valence-corrected chi connectivity index (χ0v) is 11.6. The van der Waals surface area contributed by atoms with E-state index in [2.05, 4.69) is 4.98 Å². The van der Waals surface area contributed by atoms with Crippen LogP contribution in [0.3, 0.4) is 0 Å². The number of carbonyl (C=O) groups excluding carboxylic acids is 2. The molecule has 108 valence electrons. The fourth-order valence-electron chi connectivity index (χ4n) is 2.50. The number of β-amino-alcohol motifs (C(OH)–C–C–N with tert-alkyl or cyclic N) is 1. The molecule has 1 atom stereocenters. The Hall–Kier alpha value is -2.47. The lowest BCUT2D eigenvalue weighted by Crippen LogP contribution is -2.38. The summed E-state index contributed by atoms with van der Waals surface area (Å²) in [5.41, 5.74) is 0.794. The number of amides is 2. The van der Waals surface area contributed by atoms with E-state index in [1.807, 2.05) is 6.92 Å². The van der Waals surface area contributed by atoms with Crippen LogP contribution in [0.1, 0.15) is 26.5 Å². The quantitative estimate of drug-likeness (QED) is 0.845. The number of aliphatic hydroxyl groups is 1. The Bertz CT molecular complexity index is 673. The number of fused-ring (bicyclic) bond motifs is 1. The number of aromatic nitrogens is 2. The van der Waals surface area contributed by atoms with Crippen LogP contribution in [0.4, 0.5) is 0 Å². The van der Waals surface area contributed by atoms with Crippen LogP contribution < -0.4 is 0 Å². The van der Waals surface area contributed by atoms with Gasteiger partial charge in [-0.1, -0.05) is 12.1 Å². The highest BCUT2D eigenvalue weighted by atomic mass is 16.3. The first-order valence-electron chi connectivity index (χ1n) is 6.69. The second kappa shape index (κ2) is 5.14. The Morgan fingerprint density at radius 3 is 2.29 bits per heavy atom. The third-order valence-electron chi connectivity index (χ3n) is 3.60. The molecule has 3 rings (SSSR count). The van der Waals surface area contributed by atoms with Gasteiger partial charge in [0.05, 0.1) is 30.3 Å². The maximum Gasteiger partial charge on any atom is 0.261 e. The number of aliphatic hydroxyl groups excluding tert-OH is 1. The molecule has 0 saturated carbocycles. The molecular formula is C15H15N3O3.